The zero-order valence-electron chi connectivity index (χ0n) is 11.9. The molecule has 0 radical (unpaired) electrons. The molecule has 0 amide bonds. The maximum atomic E-state index is 12.9. The van der Waals surface area contributed by atoms with E-state index in [1.807, 2.05) is 24.3 Å². The molecule has 0 saturated carbocycles. The molecule has 1 aliphatic rings. The summed E-state index contributed by atoms with van der Waals surface area (Å²) in [7, 11) is 0. The summed E-state index contributed by atoms with van der Waals surface area (Å²) in [5.74, 6) is -0.165. The van der Waals surface area contributed by atoms with Crippen LogP contribution in [0.2, 0.25) is 5.02 Å². The number of halogens is 2. The summed E-state index contributed by atoms with van der Waals surface area (Å²) >= 11 is 5.93. The fourth-order valence-electron chi connectivity index (χ4n) is 2.80. The summed E-state index contributed by atoms with van der Waals surface area (Å²) in [6.45, 7) is 5.24. The van der Waals surface area contributed by atoms with Crippen molar-refractivity contribution >= 4 is 17.3 Å². The molecule has 1 fully saturated rings. The smallest absolute Gasteiger partial charge is 0.123 e. The van der Waals surface area contributed by atoms with Gasteiger partial charge in [-0.3, -0.25) is 0 Å². The van der Waals surface area contributed by atoms with Crippen LogP contribution in [0.5, 0.6) is 0 Å². The standard InChI is InChI=1S/C17H18ClFN2/c18-15-3-7-17(8-4-15)21-11-9-20(10-12-21)13-14-1-5-16(19)6-2-14/h1-8H,9-13H2/p+1. The predicted octanol–water partition coefficient (Wildman–Crippen LogP) is 2.38. The van der Waals surface area contributed by atoms with Gasteiger partial charge in [-0.25, -0.2) is 4.39 Å². The Morgan fingerprint density at radius 1 is 0.952 bits per heavy atom. The van der Waals surface area contributed by atoms with Crippen molar-refractivity contribution in [3.63, 3.8) is 0 Å². The molecule has 0 aliphatic carbocycles. The van der Waals surface area contributed by atoms with Crippen LogP contribution >= 0.6 is 11.6 Å². The lowest BCUT2D eigenvalue weighted by Crippen LogP contribution is -3.13. The van der Waals surface area contributed by atoms with Crippen molar-refractivity contribution < 1.29 is 9.29 Å². The third-order valence-corrected chi connectivity index (χ3v) is 4.28. The minimum absolute atomic E-state index is 0.165. The molecule has 1 N–H and O–H groups in total. The SMILES string of the molecule is Fc1ccc(C[NH+]2CCN(c3ccc(Cl)cc3)CC2)cc1. The number of benzene rings is 2. The van der Waals surface area contributed by atoms with Gasteiger partial charge in [-0.05, 0) is 36.4 Å². The van der Waals surface area contributed by atoms with Crippen LogP contribution in [0.3, 0.4) is 0 Å². The summed E-state index contributed by atoms with van der Waals surface area (Å²) in [4.78, 5) is 3.94. The Bertz CT molecular complexity index is 575. The van der Waals surface area contributed by atoms with E-state index in [2.05, 4.69) is 17.0 Å². The van der Waals surface area contributed by atoms with E-state index in [0.717, 1.165) is 37.7 Å². The fraction of sp³-hybridized carbons (Fsp3) is 0.294. The van der Waals surface area contributed by atoms with Crippen LogP contribution in [0, 0.1) is 5.82 Å². The molecule has 2 aromatic carbocycles. The second-order valence-corrected chi connectivity index (χ2v) is 5.95. The van der Waals surface area contributed by atoms with Crippen LogP contribution in [-0.4, -0.2) is 26.2 Å². The van der Waals surface area contributed by atoms with Gasteiger partial charge >= 0.3 is 0 Å². The largest absolute Gasteiger partial charge is 0.360 e. The van der Waals surface area contributed by atoms with Crippen LogP contribution in [0.1, 0.15) is 5.56 Å². The normalized spacial score (nSPS) is 16.2. The molecule has 1 saturated heterocycles. The minimum atomic E-state index is -0.165. The van der Waals surface area contributed by atoms with Crippen molar-refractivity contribution in [1.29, 1.82) is 0 Å². The van der Waals surface area contributed by atoms with Crippen LogP contribution in [0.15, 0.2) is 48.5 Å². The highest BCUT2D eigenvalue weighted by Crippen LogP contribution is 2.17. The Morgan fingerprint density at radius 2 is 1.57 bits per heavy atom. The van der Waals surface area contributed by atoms with Gasteiger partial charge in [0.15, 0.2) is 0 Å². The molecule has 3 rings (SSSR count). The average molecular weight is 306 g/mol. The van der Waals surface area contributed by atoms with Gasteiger partial charge in [-0.15, -0.1) is 0 Å². The maximum absolute atomic E-state index is 12.9. The number of piperazine rings is 1. The third-order valence-electron chi connectivity index (χ3n) is 4.03. The topological polar surface area (TPSA) is 7.68 Å². The van der Waals surface area contributed by atoms with Crippen LogP contribution in [-0.2, 0) is 6.54 Å². The van der Waals surface area contributed by atoms with Gasteiger partial charge in [0.1, 0.15) is 12.4 Å². The van der Waals surface area contributed by atoms with Gasteiger partial charge in [0.25, 0.3) is 0 Å². The molecule has 0 spiro atoms. The number of nitrogens with zero attached hydrogens (tertiary/aromatic N) is 1. The lowest BCUT2D eigenvalue weighted by molar-refractivity contribution is -0.914. The van der Waals surface area contributed by atoms with Crippen molar-refractivity contribution in [1.82, 2.24) is 0 Å². The van der Waals surface area contributed by atoms with E-state index in [9.17, 15) is 4.39 Å². The van der Waals surface area contributed by atoms with Gasteiger partial charge in [-0.1, -0.05) is 23.7 Å². The monoisotopic (exact) mass is 305 g/mol. The van der Waals surface area contributed by atoms with Gasteiger partial charge in [0, 0.05) is 16.3 Å². The molecule has 4 heteroatoms. The third kappa shape index (κ3) is 3.74. The van der Waals surface area contributed by atoms with Crippen molar-refractivity contribution in [3.05, 3.63) is 64.9 Å². The Hall–Kier alpha value is -1.58. The average Bonchev–Trinajstić information content (AvgIpc) is 2.51. The van der Waals surface area contributed by atoms with Crippen molar-refractivity contribution in [3.8, 4) is 0 Å². The summed E-state index contributed by atoms with van der Waals surface area (Å²) in [5.41, 5.74) is 2.44. The Balaban J connectivity index is 1.55. The first-order chi connectivity index (χ1) is 10.2. The maximum Gasteiger partial charge on any atom is 0.123 e. The molecule has 1 heterocycles. The summed E-state index contributed by atoms with van der Waals surface area (Å²) in [5, 5.41) is 0.777. The molecule has 1 aliphatic heterocycles. The quantitative estimate of drug-likeness (QED) is 0.915. The van der Waals surface area contributed by atoms with E-state index in [4.69, 9.17) is 11.6 Å². The van der Waals surface area contributed by atoms with E-state index < -0.39 is 0 Å². The van der Waals surface area contributed by atoms with E-state index in [-0.39, 0.29) is 5.82 Å². The number of hydrogen-bond acceptors (Lipinski definition) is 1. The molecule has 0 aromatic heterocycles. The van der Waals surface area contributed by atoms with Crippen molar-refractivity contribution in [2.75, 3.05) is 31.1 Å². The van der Waals surface area contributed by atoms with Gasteiger partial charge in [0.05, 0.1) is 26.2 Å². The Morgan fingerprint density at radius 3 is 2.19 bits per heavy atom. The molecular formula is C17H19ClFN2+. The molecule has 2 aromatic rings. The fourth-order valence-corrected chi connectivity index (χ4v) is 2.93. The number of rotatable bonds is 3. The molecule has 110 valence electrons. The van der Waals surface area contributed by atoms with Crippen molar-refractivity contribution in [2.24, 2.45) is 0 Å². The predicted molar refractivity (Wildman–Crippen MR) is 84.5 cm³/mol. The Kier molecular flexibility index (Phi) is 4.42. The summed E-state index contributed by atoms with van der Waals surface area (Å²) in [6, 6.07) is 14.9. The first-order valence-electron chi connectivity index (χ1n) is 7.29. The number of anilines is 1. The van der Waals surface area contributed by atoms with Gasteiger partial charge in [0.2, 0.25) is 0 Å². The number of nitrogens with one attached hydrogen (secondary N) is 1. The lowest BCUT2D eigenvalue weighted by atomic mass is 10.2. The zero-order valence-corrected chi connectivity index (χ0v) is 12.6. The molecule has 21 heavy (non-hydrogen) atoms. The number of quaternary nitrogens is 1. The first-order valence-corrected chi connectivity index (χ1v) is 7.67. The summed E-state index contributed by atoms with van der Waals surface area (Å²) < 4.78 is 12.9. The first kappa shape index (κ1) is 14.4. The van der Waals surface area contributed by atoms with Gasteiger partial charge < -0.3 is 9.80 Å². The highest BCUT2D eigenvalue weighted by atomic mass is 35.5. The minimum Gasteiger partial charge on any atom is -0.360 e. The van der Waals surface area contributed by atoms with E-state index in [0.29, 0.717) is 0 Å². The lowest BCUT2D eigenvalue weighted by Gasteiger charge is -2.33. The number of hydrogen-bond donors (Lipinski definition) is 1. The second-order valence-electron chi connectivity index (χ2n) is 5.52. The van der Waals surface area contributed by atoms with Crippen LogP contribution < -0.4 is 9.80 Å². The second kappa shape index (κ2) is 6.46. The van der Waals surface area contributed by atoms with E-state index in [1.54, 1.807) is 17.0 Å². The van der Waals surface area contributed by atoms with E-state index >= 15 is 0 Å². The molecule has 0 bridgehead atoms. The molecule has 2 nitrogen and oxygen atoms in total. The highest BCUT2D eigenvalue weighted by Gasteiger charge is 2.20. The van der Waals surface area contributed by atoms with Gasteiger partial charge in [-0.2, -0.15) is 0 Å². The molecular weight excluding hydrogens is 287 g/mol. The summed E-state index contributed by atoms with van der Waals surface area (Å²) in [6.07, 6.45) is 0. The Labute approximate surface area is 129 Å². The van der Waals surface area contributed by atoms with Crippen molar-refractivity contribution in [2.45, 2.75) is 6.54 Å². The van der Waals surface area contributed by atoms with E-state index in [1.165, 1.54) is 11.3 Å². The zero-order chi connectivity index (χ0) is 14.7. The van der Waals surface area contributed by atoms with Crippen LogP contribution in [0.4, 0.5) is 10.1 Å². The van der Waals surface area contributed by atoms with Crippen LogP contribution in [0.25, 0.3) is 0 Å². The highest BCUT2D eigenvalue weighted by molar-refractivity contribution is 6.30. The molecule has 0 unspecified atom stereocenters. The molecule has 0 atom stereocenters.